The van der Waals surface area contributed by atoms with Crippen LogP contribution in [0.25, 0.3) is 10.9 Å². The van der Waals surface area contributed by atoms with Crippen LogP contribution in [0.15, 0.2) is 67.8 Å². The molecule has 168 valence electrons. The van der Waals surface area contributed by atoms with Crippen LogP contribution in [0, 0.1) is 0 Å². The molecule has 0 aliphatic heterocycles. The van der Waals surface area contributed by atoms with Gasteiger partial charge in [-0.15, -0.1) is 11.3 Å². The molecule has 0 bridgehead atoms. The topological polar surface area (TPSA) is 124 Å². The smallest absolute Gasteiger partial charge is 0.271 e. The van der Waals surface area contributed by atoms with Gasteiger partial charge in [-0.2, -0.15) is 0 Å². The molecule has 4 aromatic rings. The summed E-state index contributed by atoms with van der Waals surface area (Å²) in [5, 5.41) is 1.90. The molecule has 0 saturated heterocycles. The molecule has 32 heavy (non-hydrogen) atoms. The van der Waals surface area contributed by atoms with Crippen molar-refractivity contribution in [1.29, 1.82) is 0 Å². The Morgan fingerprint density at radius 2 is 1.69 bits per heavy atom. The molecule has 2 aromatic carbocycles. The Kier molecular flexibility index (Phi) is 5.75. The summed E-state index contributed by atoms with van der Waals surface area (Å²) in [6, 6.07) is 11.5. The fourth-order valence-corrected chi connectivity index (χ4v) is 6.92. The lowest BCUT2D eigenvalue weighted by molar-refractivity contribution is 0.415. The largest absolute Gasteiger partial charge is 0.497 e. The van der Waals surface area contributed by atoms with E-state index in [1.807, 2.05) is 0 Å². The van der Waals surface area contributed by atoms with Gasteiger partial charge in [0.05, 0.1) is 34.3 Å². The molecule has 0 amide bonds. The summed E-state index contributed by atoms with van der Waals surface area (Å²) in [6.45, 7) is 0. The van der Waals surface area contributed by atoms with Crippen LogP contribution >= 0.6 is 22.9 Å². The molecule has 0 spiro atoms. The Hall–Kier alpha value is -2.87. The van der Waals surface area contributed by atoms with Crippen LogP contribution < -0.4 is 18.9 Å². The van der Waals surface area contributed by atoms with E-state index in [1.165, 1.54) is 43.5 Å². The zero-order valence-electron chi connectivity index (χ0n) is 16.7. The van der Waals surface area contributed by atoms with Crippen molar-refractivity contribution in [2.24, 2.45) is 7.05 Å². The fourth-order valence-electron chi connectivity index (χ4n) is 2.98. The number of methoxy groups -OCH3 is 1. The minimum atomic E-state index is -4.15. The maximum absolute atomic E-state index is 13.1. The van der Waals surface area contributed by atoms with E-state index in [4.69, 9.17) is 4.74 Å². The predicted molar refractivity (Wildman–Crippen MR) is 126 cm³/mol. The number of hydrogen-bond donors (Lipinski definition) is 2. The third kappa shape index (κ3) is 4.24. The number of nitrogens with zero attached hydrogens (tertiary/aromatic N) is 1. The van der Waals surface area contributed by atoms with E-state index in [1.54, 1.807) is 28.5 Å². The standard InChI is InChI=1S/C19H17N3O6S4/c1-22-17-8-6-13(11-14(17)19(23)30-22)31(24,25)21-16-10-12(28-2)5-7-15(16)20-32(26,27)18-4-3-9-29-18/h3-11,20-21H,1-2H3. The molecule has 0 unspecified atom stereocenters. The average molecular weight is 512 g/mol. The molecule has 13 heteroatoms. The number of anilines is 2. The number of aromatic nitrogens is 1. The minimum absolute atomic E-state index is 0.0234. The molecule has 2 aromatic heterocycles. The first kappa shape index (κ1) is 22.3. The number of sulfonamides is 2. The number of rotatable bonds is 7. The number of nitrogens with one attached hydrogen (secondary N) is 2. The van der Waals surface area contributed by atoms with Crippen molar-refractivity contribution < 1.29 is 21.6 Å². The molecule has 2 N–H and O–H groups in total. The summed E-state index contributed by atoms with van der Waals surface area (Å²) in [7, 11) is -4.95. The lowest BCUT2D eigenvalue weighted by Crippen LogP contribution is -2.17. The summed E-state index contributed by atoms with van der Waals surface area (Å²) in [5.41, 5.74) is 0.614. The second-order valence-electron chi connectivity index (χ2n) is 6.61. The Bertz CT molecular complexity index is 1570. The Morgan fingerprint density at radius 1 is 0.938 bits per heavy atom. The van der Waals surface area contributed by atoms with Gasteiger partial charge in [0, 0.05) is 13.1 Å². The van der Waals surface area contributed by atoms with Gasteiger partial charge in [0.1, 0.15) is 9.96 Å². The van der Waals surface area contributed by atoms with Crippen LogP contribution in [0.3, 0.4) is 0 Å². The monoisotopic (exact) mass is 511 g/mol. The van der Waals surface area contributed by atoms with Crippen LogP contribution in [0.2, 0.25) is 0 Å². The number of ether oxygens (including phenoxy) is 1. The number of aryl methyl sites for hydroxylation is 1. The van der Waals surface area contributed by atoms with E-state index in [-0.39, 0.29) is 30.6 Å². The van der Waals surface area contributed by atoms with Gasteiger partial charge in [0.2, 0.25) is 0 Å². The Labute approximate surface area is 192 Å². The van der Waals surface area contributed by atoms with Gasteiger partial charge in [-0.3, -0.25) is 18.2 Å². The van der Waals surface area contributed by atoms with E-state index in [0.29, 0.717) is 11.3 Å². The molecule has 0 saturated carbocycles. The number of fused-ring (bicyclic) bond motifs is 1. The van der Waals surface area contributed by atoms with E-state index in [2.05, 4.69) is 9.44 Å². The van der Waals surface area contributed by atoms with Crippen molar-refractivity contribution in [3.8, 4) is 5.75 Å². The zero-order chi connectivity index (χ0) is 23.1. The Balaban J connectivity index is 1.74. The van der Waals surface area contributed by atoms with Gasteiger partial charge >= 0.3 is 0 Å². The van der Waals surface area contributed by atoms with Crippen molar-refractivity contribution in [1.82, 2.24) is 3.96 Å². The molecule has 4 rings (SSSR count). The van der Waals surface area contributed by atoms with Crippen LogP contribution in [0.5, 0.6) is 5.75 Å². The van der Waals surface area contributed by atoms with Gasteiger partial charge in [-0.25, -0.2) is 16.8 Å². The summed E-state index contributed by atoms with van der Waals surface area (Å²) in [5.74, 6) is 0.323. The van der Waals surface area contributed by atoms with Gasteiger partial charge in [-0.05, 0) is 53.3 Å². The second kappa shape index (κ2) is 8.24. The fraction of sp³-hybridized carbons (Fsp3) is 0.105. The van der Waals surface area contributed by atoms with Gasteiger partial charge in [0.15, 0.2) is 0 Å². The molecule has 0 aliphatic rings. The van der Waals surface area contributed by atoms with E-state index in [9.17, 15) is 21.6 Å². The highest BCUT2D eigenvalue weighted by Crippen LogP contribution is 2.32. The highest BCUT2D eigenvalue weighted by Gasteiger charge is 2.22. The lowest BCUT2D eigenvalue weighted by Gasteiger charge is -2.15. The van der Waals surface area contributed by atoms with Crippen molar-refractivity contribution in [2.75, 3.05) is 16.6 Å². The molecular weight excluding hydrogens is 494 g/mol. The molecule has 0 fully saturated rings. The maximum Gasteiger partial charge on any atom is 0.271 e. The summed E-state index contributed by atoms with van der Waals surface area (Å²) < 4.78 is 62.9. The van der Waals surface area contributed by atoms with Crippen molar-refractivity contribution >= 4 is 65.2 Å². The van der Waals surface area contributed by atoms with E-state index < -0.39 is 20.0 Å². The third-order valence-electron chi connectivity index (χ3n) is 4.53. The van der Waals surface area contributed by atoms with Gasteiger partial charge < -0.3 is 4.74 Å². The first-order chi connectivity index (χ1) is 15.1. The molecule has 0 aliphatic carbocycles. The summed E-state index contributed by atoms with van der Waals surface area (Å²) >= 11 is 2.00. The predicted octanol–water partition coefficient (Wildman–Crippen LogP) is 3.27. The maximum atomic E-state index is 13.1. The molecule has 2 heterocycles. The molecular formula is C19H17N3O6S4. The molecule has 9 nitrogen and oxygen atoms in total. The quantitative estimate of drug-likeness (QED) is 0.393. The van der Waals surface area contributed by atoms with Crippen molar-refractivity contribution in [3.05, 3.63) is 63.4 Å². The highest BCUT2D eigenvalue weighted by atomic mass is 32.2. The van der Waals surface area contributed by atoms with Crippen LogP contribution in [-0.2, 0) is 27.1 Å². The first-order valence-corrected chi connectivity index (χ1v) is 13.6. The summed E-state index contributed by atoms with van der Waals surface area (Å²) in [4.78, 5) is 12.0. The zero-order valence-corrected chi connectivity index (χ0v) is 20.0. The van der Waals surface area contributed by atoms with Crippen molar-refractivity contribution in [3.63, 3.8) is 0 Å². The lowest BCUT2D eigenvalue weighted by atomic mass is 10.2. The normalized spacial score (nSPS) is 12.1. The second-order valence-corrected chi connectivity index (χ2v) is 12.3. The SMILES string of the molecule is COc1ccc(NS(=O)(=O)c2cccs2)c(NS(=O)(=O)c2ccc3c(c2)c(=O)sn3C)c1. The highest BCUT2D eigenvalue weighted by molar-refractivity contribution is 7.94. The van der Waals surface area contributed by atoms with E-state index >= 15 is 0 Å². The third-order valence-corrected chi connectivity index (χ3v) is 9.52. The number of benzene rings is 2. The molecule has 0 atom stereocenters. The first-order valence-electron chi connectivity index (χ1n) is 8.98. The van der Waals surface area contributed by atoms with Crippen LogP contribution in [-0.4, -0.2) is 27.9 Å². The van der Waals surface area contributed by atoms with Crippen LogP contribution in [0.4, 0.5) is 11.4 Å². The van der Waals surface area contributed by atoms with Crippen LogP contribution in [0.1, 0.15) is 0 Å². The average Bonchev–Trinajstić information content (AvgIpc) is 3.38. The number of thiophene rings is 1. The molecule has 0 radical (unpaired) electrons. The van der Waals surface area contributed by atoms with E-state index in [0.717, 1.165) is 22.9 Å². The minimum Gasteiger partial charge on any atom is -0.497 e. The number of hydrogen-bond acceptors (Lipinski definition) is 8. The van der Waals surface area contributed by atoms with Gasteiger partial charge in [0.25, 0.3) is 24.8 Å². The summed E-state index contributed by atoms with van der Waals surface area (Å²) in [6.07, 6.45) is 0. The Morgan fingerprint density at radius 3 is 2.38 bits per heavy atom. The van der Waals surface area contributed by atoms with Gasteiger partial charge in [-0.1, -0.05) is 6.07 Å². The van der Waals surface area contributed by atoms with Crippen molar-refractivity contribution in [2.45, 2.75) is 9.10 Å².